The third-order valence-corrected chi connectivity index (χ3v) is 4.73. The summed E-state index contributed by atoms with van der Waals surface area (Å²) in [5.41, 5.74) is 1.41. The van der Waals surface area contributed by atoms with Gasteiger partial charge in [-0.05, 0) is 50.6 Å². The van der Waals surface area contributed by atoms with Gasteiger partial charge in [0, 0.05) is 25.3 Å². The summed E-state index contributed by atoms with van der Waals surface area (Å²) in [6, 6.07) is 17.3. The number of esters is 1. The first-order chi connectivity index (χ1) is 13.2. The Morgan fingerprint density at radius 2 is 1.78 bits per heavy atom. The summed E-state index contributed by atoms with van der Waals surface area (Å²) < 4.78 is 11.4. The molecule has 1 saturated heterocycles. The number of carbonyl (C=O) groups excluding carboxylic acids is 1. The van der Waals surface area contributed by atoms with E-state index in [1.165, 1.54) is 0 Å². The van der Waals surface area contributed by atoms with E-state index in [2.05, 4.69) is 17.3 Å². The average Bonchev–Trinajstić information content (AvgIpc) is 2.70. The molecule has 144 valence electrons. The van der Waals surface area contributed by atoms with Crippen LogP contribution in [-0.4, -0.2) is 50.3 Å². The number of carbonyl (C=O) groups is 1. The Hall–Kier alpha value is -2.53. The Morgan fingerprint density at radius 1 is 1.07 bits per heavy atom. The molecule has 1 heterocycles. The molecule has 27 heavy (non-hydrogen) atoms. The van der Waals surface area contributed by atoms with Gasteiger partial charge in [-0.25, -0.2) is 4.79 Å². The molecule has 0 unspecified atom stereocenters. The summed E-state index contributed by atoms with van der Waals surface area (Å²) >= 11 is 0. The molecule has 5 nitrogen and oxygen atoms in total. The van der Waals surface area contributed by atoms with Crippen LogP contribution >= 0.6 is 0 Å². The van der Waals surface area contributed by atoms with Crippen molar-refractivity contribution < 1.29 is 14.3 Å². The molecule has 0 radical (unpaired) electrons. The minimum atomic E-state index is -0.242. The lowest BCUT2D eigenvalue weighted by Crippen LogP contribution is -2.35. The first kappa shape index (κ1) is 19.2. The van der Waals surface area contributed by atoms with Crippen molar-refractivity contribution >= 4 is 11.7 Å². The van der Waals surface area contributed by atoms with Crippen LogP contribution in [0, 0.1) is 0 Å². The topological polar surface area (TPSA) is 50.8 Å². The van der Waals surface area contributed by atoms with Crippen molar-refractivity contribution in [1.29, 1.82) is 0 Å². The van der Waals surface area contributed by atoms with Crippen molar-refractivity contribution in [2.45, 2.75) is 25.4 Å². The minimum Gasteiger partial charge on any atom is -0.494 e. The molecule has 0 amide bonds. The Bertz CT molecular complexity index is 713. The molecule has 1 N–H and O–H groups in total. The summed E-state index contributed by atoms with van der Waals surface area (Å²) in [7, 11) is 2.10. The molecule has 1 aliphatic heterocycles. The van der Waals surface area contributed by atoms with Gasteiger partial charge in [-0.15, -0.1) is 0 Å². The van der Waals surface area contributed by atoms with Gasteiger partial charge in [0.15, 0.2) is 0 Å². The SMILES string of the molecule is CN1CCC(OC(=O)c2ccccc2NCCCOc2ccccc2)CC1. The van der Waals surface area contributed by atoms with Crippen LogP contribution in [0.3, 0.4) is 0 Å². The fraction of sp³-hybridized carbons (Fsp3) is 0.409. The fourth-order valence-electron chi connectivity index (χ4n) is 3.13. The second-order valence-electron chi connectivity index (χ2n) is 6.90. The van der Waals surface area contributed by atoms with Crippen molar-refractivity contribution in [2.24, 2.45) is 0 Å². The van der Waals surface area contributed by atoms with Crippen LogP contribution in [0.1, 0.15) is 29.6 Å². The number of likely N-dealkylation sites (tertiary alicyclic amines) is 1. The second kappa shape index (κ2) is 9.97. The Morgan fingerprint density at radius 3 is 2.56 bits per heavy atom. The highest BCUT2D eigenvalue weighted by Crippen LogP contribution is 2.20. The molecule has 0 saturated carbocycles. The van der Waals surface area contributed by atoms with Gasteiger partial charge in [0.2, 0.25) is 0 Å². The zero-order valence-corrected chi connectivity index (χ0v) is 15.9. The predicted molar refractivity (Wildman–Crippen MR) is 107 cm³/mol. The molecule has 2 aromatic carbocycles. The fourth-order valence-corrected chi connectivity index (χ4v) is 3.13. The standard InChI is InChI=1S/C22H28N2O3/c1-24-15-12-19(13-16-24)27-22(25)20-10-5-6-11-21(20)23-14-7-17-26-18-8-3-2-4-9-18/h2-6,8-11,19,23H,7,12-17H2,1H3. The molecule has 0 aliphatic carbocycles. The number of nitrogens with one attached hydrogen (secondary N) is 1. The molecule has 0 spiro atoms. The number of hydrogen-bond acceptors (Lipinski definition) is 5. The van der Waals surface area contributed by atoms with Crippen molar-refractivity contribution in [3.63, 3.8) is 0 Å². The van der Waals surface area contributed by atoms with Crippen LogP contribution in [0.5, 0.6) is 5.75 Å². The Balaban J connectivity index is 1.46. The number of para-hydroxylation sites is 2. The van der Waals surface area contributed by atoms with Crippen molar-refractivity contribution in [3.8, 4) is 5.75 Å². The van der Waals surface area contributed by atoms with E-state index in [0.29, 0.717) is 12.2 Å². The van der Waals surface area contributed by atoms with E-state index in [9.17, 15) is 4.79 Å². The maximum absolute atomic E-state index is 12.6. The normalized spacial score (nSPS) is 15.3. The van der Waals surface area contributed by atoms with Crippen molar-refractivity contribution in [3.05, 3.63) is 60.2 Å². The van der Waals surface area contributed by atoms with Crippen LogP contribution in [0.25, 0.3) is 0 Å². The number of nitrogens with zero attached hydrogens (tertiary/aromatic N) is 1. The van der Waals surface area contributed by atoms with Crippen LogP contribution in [0.2, 0.25) is 0 Å². The molecule has 0 atom stereocenters. The van der Waals surface area contributed by atoms with E-state index in [1.807, 2.05) is 54.6 Å². The largest absolute Gasteiger partial charge is 0.494 e. The Labute approximate surface area is 161 Å². The number of anilines is 1. The molecular formula is C22H28N2O3. The molecule has 1 aliphatic rings. The van der Waals surface area contributed by atoms with E-state index in [-0.39, 0.29) is 12.1 Å². The first-order valence-corrected chi connectivity index (χ1v) is 9.62. The van der Waals surface area contributed by atoms with Gasteiger partial charge >= 0.3 is 5.97 Å². The van der Waals surface area contributed by atoms with Gasteiger partial charge in [0.25, 0.3) is 0 Å². The maximum Gasteiger partial charge on any atom is 0.340 e. The lowest BCUT2D eigenvalue weighted by molar-refractivity contribution is 0.0140. The number of piperidine rings is 1. The highest BCUT2D eigenvalue weighted by atomic mass is 16.5. The monoisotopic (exact) mass is 368 g/mol. The average molecular weight is 368 g/mol. The lowest BCUT2D eigenvalue weighted by Gasteiger charge is -2.28. The summed E-state index contributed by atoms with van der Waals surface area (Å²) in [4.78, 5) is 14.8. The first-order valence-electron chi connectivity index (χ1n) is 9.62. The molecule has 0 bridgehead atoms. The summed E-state index contributed by atoms with van der Waals surface area (Å²) in [5.74, 6) is 0.632. The Kier molecular flexibility index (Phi) is 7.11. The van der Waals surface area contributed by atoms with Crippen LogP contribution in [-0.2, 0) is 4.74 Å². The number of benzene rings is 2. The highest BCUT2D eigenvalue weighted by molar-refractivity contribution is 5.95. The van der Waals surface area contributed by atoms with E-state index < -0.39 is 0 Å². The van der Waals surface area contributed by atoms with E-state index >= 15 is 0 Å². The van der Waals surface area contributed by atoms with E-state index in [4.69, 9.17) is 9.47 Å². The predicted octanol–water partition coefficient (Wildman–Crippen LogP) is 3.82. The van der Waals surface area contributed by atoms with Gasteiger partial charge < -0.3 is 19.7 Å². The van der Waals surface area contributed by atoms with Crippen LogP contribution in [0.4, 0.5) is 5.69 Å². The van der Waals surface area contributed by atoms with E-state index in [0.717, 1.165) is 50.3 Å². The van der Waals surface area contributed by atoms with Gasteiger partial charge in [-0.2, -0.15) is 0 Å². The number of ether oxygens (including phenoxy) is 2. The van der Waals surface area contributed by atoms with Gasteiger partial charge in [-0.3, -0.25) is 0 Å². The lowest BCUT2D eigenvalue weighted by atomic mass is 10.1. The molecular weight excluding hydrogens is 340 g/mol. The molecule has 5 heteroatoms. The van der Waals surface area contributed by atoms with Crippen LogP contribution in [0.15, 0.2) is 54.6 Å². The maximum atomic E-state index is 12.6. The molecule has 1 fully saturated rings. The number of hydrogen-bond donors (Lipinski definition) is 1. The van der Waals surface area contributed by atoms with Crippen LogP contribution < -0.4 is 10.1 Å². The van der Waals surface area contributed by atoms with Gasteiger partial charge in [0.1, 0.15) is 11.9 Å². The molecule has 0 aromatic heterocycles. The van der Waals surface area contributed by atoms with Gasteiger partial charge in [0.05, 0.1) is 12.2 Å². The minimum absolute atomic E-state index is 0.0148. The zero-order chi connectivity index (χ0) is 18.9. The summed E-state index contributed by atoms with van der Waals surface area (Å²) in [5, 5.41) is 3.34. The third-order valence-electron chi connectivity index (χ3n) is 4.73. The van der Waals surface area contributed by atoms with Crippen molar-refractivity contribution in [1.82, 2.24) is 4.90 Å². The molecule has 3 rings (SSSR count). The quantitative estimate of drug-likeness (QED) is 0.567. The second-order valence-corrected chi connectivity index (χ2v) is 6.90. The van der Waals surface area contributed by atoms with Crippen molar-refractivity contribution in [2.75, 3.05) is 38.6 Å². The summed E-state index contributed by atoms with van der Waals surface area (Å²) in [6.07, 6.45) is 2.65. The van der Waals surface area contributed by atoms with Gasteiger partial charge in [-0.1, -0.05) is 30.3 Å². The number of rotatable bonds is 8. The highest BCUT2D eigenvalue weighted by Gasteiger charge is 2.22. The van der Waals surface area contributed by atoms with E-state index in [1.54, 1.807) is 0 Å². The smallest absolute Gasteiger partial charge is 0.340 e. The summed E-state index contributed by atoms with van der Waals surface area (Å²) in [6.45, 7) is 3.29. The molecule has 2 aromatic rings. The third kappa shape index (κ3) is 6.00. The zero-order valence-electron chi connectivity index (χ0n) is 15.9.